The van der Waals surface area contributed by atoms with Crippen molar-refractivity contribution in [3.63, 3.8) is 0 Å². The number of H-pyrrole nitrogens is 1. The fraction of sp³-hybridized carbons (Fsp3) is 0.357. The molecule has 0 saturated heterocycles. The number of nitrogens with one attached hydrogen (secondary N) is 1. The van der Waals surface area contributed by atoms with Gasteiger partial charge in [0, 0.05) is 11.8 Å². The Labute approximate surface area is 96.7 Å². The average molecular weight is 214 g/mol. The molecule has 2 nitrogen and oxygen atoms in total. The Balaban J connectivity index is 2.46. The van der Waals surface area contributed by atoms with Crippen molar-refractivity contribution in [2.75, 3.05) is 0 Å². The Morgan fingerprint density at radius 1 is 1.12 bits per heavy atom. The summed E-state index contributed by atoms with van der Waals surface area (Å²) in [6.45, 7) is 8.85. The summed E-state index contributed by atoms with van der Waals surface area (Å²) >= 11 is 0. The van der Waals surface area contributed by atoms with Crippen LogP contribution in [0.3, 0.4) is 0 Å². The lowest BCUT2D eigenvalue weighted by atomic mass is 9.85. The maximum absolute atomic E-state index is 3.99. The summed E-state index contributed by atoms with van der Waals surface area (Å²) in [5.74, 6) is 0. The highest BCUT2D eigenvalue weighted by atomic mass is 15.1. The van der Waals surface area contributed by atoms with Gasteiger partial charge in [-0.3, -0.25) is 5.10 Å². The number of benzene rings is 1. The summed E-state index contributed by atoms with van der Waals surface area (Å²) in [7, 11) is 0. The smallest absolute Gasteiger partial charge is 0.0652 e. The fourth-order valence-electron chi connectivity index (χ4n) is 1.84. The summed E-state index contributed by atoms with van der Waals surface area (Å²) < 4.78 is 0. The monoisotopic (exact) mass is 214 g/mol. The van der Waals surface area contributed by atoms with Gasteiger partial charge < -0.3 is 0 Å². The molecule has 2 aromatic rings. The van der Waals surface area contributed by atoms with Crippen LogP contribution in [-0.2, 0) is 5.41 Å². The van der Waals surface area contributed by atoms with E-state index in [0.717, 1.165) is 5.69 Å². The first-order valence-corrected chi connectivity index (χ1v) is 5.59. The predicted molar refractivity (Wildman–Crippen MR) is 67.5 cm³/mol. The third kappa shape index (κ3) is 2.01. The Bertz CT molecular complexity index is 476. The van der Waals surface area contributed by atoms with E-state index in [0.29, 0.717) is 0 Å². The van der Waals surface area contributed by atoms with E-state index in [1.165, 1.54) is 16.7 Å². The van der Waals surface area contributed by atoms with Crippen LogP contribution >= 0.6 is 0 Å². The summed E-state index contributed by atoms with van der Waals surface area (Å²) in [5.41, 5.74) is 5.17. The van der Waals surface area contributed by atoms with Gasteiger partial charge in [-0.2, -0.15) is 5.10 Å². The molecule has 1 heterocycles. The molecule has 0 unspecified atom stereocenters. The molecule has 0 radical (unpaired) electrons. The number of nitrogens with zero attached hydrogens (tertiary/aromatic N) is 1. The topological polar surface area (TPSA) is 28.7 Å². The van der Waals surface area contributed by atoms with Crippen LogP contribution < -0.4 is 0 Å². The average Bonchev–Trinajstić information content (AvgIpc) is 2.69. The summed E-state index contributed by atoms with van der Waals surface area (Å²) in [6, 6.07) is 8.63. The zero-order chi connectivity index (χ0) is 11.8. The van der Waals surface area contributed by atoms with Gasteiger partial charge in [-0.05, 0) is 29.5 Å². The summed E-state index contributed by atoms with van der Waals surface area (Å²) in [6.07, 6.45) is 1.78. The third-order valence-corrected chi connectivity index (χ3v) is 2.88. The van der Waals surface area contributed by atoms with Crippen molar-refractivity contribution in [3.8, 4) is 11.3 Å². The Hall–Kier alpha value is -1.57. The minimum absolute atomic E-state index is 0.206. The van der Waals surface area contributed by atoms with E-state index in [-0.39, 0.29) is 5.41 Å². The highest BCUT2D eigenvalue weighted by Gasteiger charge is 2.14. The van der Waals surface area contributed by atoms with Crippen LogP contribution in [0, 0.1) is 6.92 Å². The highest BCUT2D eigenvalue weighted by Crippen LogP contribution is 2.28. The summed E-state index contributed by atoms with van der Waals surface area (Å²) in [4.78, 5) is 0. The van der Waals surface area contributed by atoms with Crippen molar-refractivity contribution < 1.29 is 0 Å². The lowest BCUT2D eigenvalue weighted by Gasteiger charge is -2.20. The van der Waals surface area contributed by atoms with Gasteiger partial charge in [0.2, 0.25) is 0 Å². The molecule has 84 valence electrons. The first-order valence-electron chi connectivity index (χ1n) is 5.59. The van der Waals surface area contributed by atoms with Crippen LogP contribution in [0.5, 0.6) is 0 Å². The molecule has 0 saturated carbocycles. The van der Waals surface area contributed by atoms with Crippen LogP contribution in [0.15, 0.2) is 30.5 Å². The summed E-state index contributed by atoms with van der Waals surface area (Å²) in [5, 5.41) is 6.99. The second kappa shape index (κ2) is 3.78. The lowest BCUT2D eigenvalue weighted by Crippen LogP contribution is -2.11. The number of aryl methyl sites for hydroxylation is 1. The molecule has 1 N–H and O–H groups in total. The number of hydrogen-bond acceptors (Lipinski definition) is 1. The number of aromatic amines is 1. The van der Waals surface area contributed by atoms with Gasteiger partial charge in [-0.25, -0.2) is 0 Å². The molecule has 2 heteroatoms. The molecule has 0 aliphatic rings. The van der Waals surface area contributed by atoms with Gasteiger partial charge in [0.15, 0.2) is 0 Å². The molecule has 0 spiro atoms. The second-order valence-corrected chi connectivity index (χ2v) is 5.25. The predicted octanol–water partition coefficient (Wildman–Crippen LogP) is 3.68. The normalized spacial score (nSPS) is 11.8. The van der Waals surface area contributed by atoms with E-state index in [2.05, 4.69) is 56.1 Å². The molecule has 0 atom stereocenters. The maximum atomic E-state index is 3.99. The lowest BCUT2D eigenvalue weighted by molar-refractivity contribution is 0.590. The fourth-order valence-corrected chi connectivity index (χ4v) is 1.84. The van der Waals surface area contributed by atoms with Crippen molar-refractivity contribution in [3.05, 3.63) is 41.6 Å². The van der Waals surface area contributed by atoms with E-state index >= 15 is 0 Å². The van der Waals surface area contributed by atoms with Gasteiger partial charge in [-0.1, -0.05) is 39.0 Å². The molecule has 0 amide bonds. The van der Waals surface area contributed by atoms with Gasteiger partial charge in [0.05, 0.1) is 5.69 Å². The van der Waals surface area contributed by atoms with E-state index in [1.54, 1.807) is 6.20 Å². The molecule has 0 aliphatic heterocycles. The Kier molecular flexibility index (Phi) is 2.58. The Morgan fingerprint density at radius 3 is 2.38 bits per heavy atom. The standard InChI is InChI=1S/C14H18N2/c1-10-9-11(14(2,3)4)5-6-12(10)13-7-8-15-16-13/h5-9H,1-4H3,(H,15,16). The van der Waals surface area contributed by atoms with Crippen LogP contribution in [-0.4, -0.2) is 10.2 Å². The van der Waals surface area contributed by atoms with Gasteiger partial charge in [0.1, 0.15) is 0 Å². The highest BCUT2D eigenvalue weighted by molar-refractivity contribution is 5.63. The van der Waals surface area contributed by atoms with Crippen LogP contribution in [0.25, 0.3) is 11.3 Å². The molecule has 2 rings (SSSR count). The number of rotatable bonds is 1. The van der Waals surface area contributed by atoms with Crippen molar-refractivity contribution in [2.45, 2.75) is 33.1 Å². The van der Waals surface area contributed by atoms with Crippen molar-refractivity contribution >= 4 is 0 Å². The first kappa shape index (κ1) is 10.9. The number of aromatic nitrogens is 2. The van der Waals surface area contributed by atoms with Gasteiger partial charge in [0.25, 0.3) is 0 Å². The molecule has 0 bridgehead atoms. The van der Waals surface area contributed by atoms with E-state index in [9.17, 15) is 0 Å². The maximum Gasteiger partial charge on any atom is 0.0652 e. The van der Waals surface area contributed by atoms with Crippen LogP contribution in [0.1, 0.15) is 31.9 Å². The number of hydrogen-bond donors (Lipinski definition) is 1. The van der Waals surface area contributed by atoms with Gasteiger partial charge in [-0.15, -0.1) is 0 Å². The first-order chi connectivity index (χ1) is 7.48. The minimum atomic E-state index is 0.206. The Morgan fingerprint density at radius 2 is 1.88 bits per heavy atom. The van der Waals surface area contributed by atoms with Crippen molar-refractivity contribution in [1.82, 2.24) is 10.2 Å². The second-order valence-electron chi connectivity index (χ2n) is 5.25. The van der Waals surface area contributed by atoms with E-state index < -0.39 is 0 Å². The van der Waals surface area contributed by atoms with E-state index in [4.69, 9.17) is 0 Å². The molecule has 0 aliphatic carbocycles. The third-order valence-electron chi connectivity index (χ3n) is 2.88. The molecule has 0 fully saturated rings. The minimum Gasteiger partial charge on any atom is -0.278 e. The molecular formula is C14H18N2. The molecule has 1 aromatic carbocycles. The van der Waals surface area contributed by atoms with E-state index in [1.807, 2.05) is 6.07 Å². The zero-order valence-corrected chi connectivity index (χ0v) is 10.3. The van der Waals surface area contributed by atoms with Crippen molar-refractivity contribution in [2.24, 2.45) is 0 Å². The SMILES string of the molecule is Cc1cc(C(C)(C)C)ccc1-c1ccn[nH]1. The zero-order valence-electron chi connectivity index (χ0n) is 10.3. The quantitative estimate of drug-likeness (QED) is 0.770. The van der Waals surface area contributed by atoms with Gasteiger partial charge >= 0.3 is 0 Å². The van der Waals surface area contributed by atoms with Crippen LogP contribution in [0.2, 0.25) is 0 Å². The van der Waals surface area contributed by atoms with Crippen LogP contribution in [0.4, 0.5) is 0 Å². The molecule has 1 aromatic heterocycles. The van der Waals surface area contributed by atoms with Crippen molar-refractivity contribution in [1.29, 1.82) is 0 Å². The molecule has 16 heavy (non-hydrogen) atoms. The largest absolute Gasteiger partial charge is 0.278 e. The molecular weight excluding hydrogens is 196 g/mol.